The molecular formula is C28H30N2O2. The van der Waals surface area contributed by atoms with Crippen molar-refractivity contribution in [2.24, 2.45) is 0 Å². The van der Waals surface area contributed by atoms with E-state index in [4.69, 9.17) is 0 Å². The highest BCUT2D eigenvalue weighted by Gasteiger charge is 2.26. The third kappa shape index (κ3) is 3.70. The van der Waals surface area contributed by atoms with Crippen LogP contribution in [-0.2, 0) is 12.8 Å². The van der Waals surface area contributed by atoms with Gasteiger partial charge in [0.05, 0.1) is 22.8 Å². The van der Waals surface area contributed by atoms with Gasteiger partial charge < -0.3 is 9.97 Å². The average molecular weight is 427 g/mol. The van der Waals surface area contributed by atoms with Crippen LogP contribution >= 0.6 is 0 Å². The van der Waals surface area contributed by atoms with Crippen LogP contribution in [0.15, 0.2) is 54.1 Å². The highest BCUT2D eigenvalue weighted by atomic mass is 16.1. The zero-order valence-corrected chi connectivity index (χ0v) is 19.3. The molecule has 0 bridgehead atoms. The van der Waals surface area contributed by atoms with E-state index in [2.05, 4.69) is 36.8 Å². The second-order valence-corrected chi connectivity index (χ2v) is 8.35. The molecule has 2 aromatic heterocycles. The molecule has 0 spiro atoms. The minimum atomic E-state index is -0.00725. The van der Waals surface area contributed by atoms with Crippen LogP contribution in [-0.4, -0.2) is 21.5 Å². The first-order valence-corrected chi connectivity index (χ1v) is 11.4. The molecule has 0 saturated heterocycles. The molecule has 0 saturated carbocycles. The molecule has 4 heteroatoms. The summed E-state index contributed by atoms with van der Waals surface area (Å²) >= 11 is 0. The summed E-state index contributed by atoms with van der Waals surface area (Å²) in [7, 11) is 0. The Hall–Kier alpha value is -3.40. The molecule has 0 fully saturated rings. The lowest BCUT2D eigenvalue weighted by Crippen LogP contribution is -2.08. The number of ketones is 2. The number of rotatable bonds is 7. The van der Waals surface area contributed by atoms with Gasteiger partial charge in [-0.05, 0) is 61.8 Å². The van der Waals surface area contributed by atoms with E-state index in [0.29, 0.717) is 17.0 Å². The van der Waals surface area contributed by atoms with Crippen molar-refractivity contribution in [2.75, 3.05) is 0 Å². The fraction of sp³-hybridized carbons (Fsp3) is 0.286. The molecule has 32 heavy (non-hydrogen) atoms. The Kier molecular flexibility index (Phi) is 6.13. The van der Waals surface area contributed by atoms with E-state index in [1.807, 2.05) is 49.4 Å². The molecule has 3 aromatic rings. The van der Waals surface area contributed by atoms with Gasteiger partial charge in [-0.1, -0.05) is 62.4 Å². The van der Waals surface area contributed by atoms with Crippen molar-refractivity contribution in [3.63, 3.8) is 0 Å². The number of allylic oxidation sites excluding steroid dienone is 4. The molecule has 0 radical (unpaired) electrons. The number of H-pyrrole nitrogens is 2. The lowest BCUT2D eigenvalue weighted by Gasteiger charge is -2.08. The third-order valence-electron chi connectivity index (χ3n) is 6.51. The number of carbonyl (C=O) groups excluding carboxylic acids is 2. The first kappa shape index (κ1) is 21.8. The number of benzene rings is 1. The zero-order valence-electron chi connectivity index (χ0n) is 19.3. The maximum Gasteiger partial charge on any atom is 0.209 e. The third-order valence-corrected chi connectivity index (χ3v) is 6.51. The van der Waals surface area contributed by atoms with Gasteiger partial charge in [0.2, 0.25) is 11.6 Å². The van der Waals surface area contributed by atoms with E-state index in [1.54, 1.807) is 0 Å². The Bertz CT molecular complexity index is 1240. The maximum absolute atomic E-state index is 13.3. The summed E-state index contributed by atoms with van der Waals surface area (Å²) in [5, 5.41) is 0. The van der Waals surface area contributed by atoms with Crippen molar-refractivity contribution in [1.29, 1.82) is 0 Å². The molecule has 1 aromatic carbocycles. The maximum atomic E-state index is 13.3. The molecule has 0 unspecified atom stereocenters. The van der Waals surface area contributed by atoms with Crippen LogP contribution in [0.5, 0.6) is 0 Å². The normalized spacial score (nSPS) is 13.3. The fourth-order valence-electron chi connectivity index (χ4n) is 4.72. The molecule has 4 rings (SSSR count). The number of hydrogen-bond acceptors (Lipinski definition) is 2. The summed E-state index contributed by atoms with van der Waals surface area (Å²) in [4.78, 5) is 33.4. The van der Waals surface area contributed by atoms with Crippen LogP contribution in [0.2, 0.25) is 0 Å². The largest absolute Gasteiger partial charge is 0.350 e. The molecule has 4 nitrogen and oxygen atoms in total. The van der Waals surface area contributed by atoms with Crippen molar-refractivity contribution in [3.8, 4) is 11.4 Å². The van der Waals surface area contributed by atoms with E-state index in [1.165, 1.54) is 0 Å². The second kappa shape index (κ2) is 8.99. The van der Waals surface area contributed by atoms with Gasteiger partial charge in [0, 0.05) is 11.1 Å². The summed E-state index contributed by atoms with van der Waals surface area (Å²) in [6.45, 7) is 8.25. The first-order valence-electron chi connectivity index (χ1n) is 11.4. The average Bonchev–Trinajstić information content (AvgIpc) is 3.34. The summed E-state index contributed by atoms with van der Waals surface area (Å²) in [6.07, 6.45) is 9.15. The van der Waals surface area contributed by atoms with Crippen molar-refractivity contribution < 1.29 is 9.59 Å². The zero-order chi connectivity index (χ0) is 22.8. The summed E-state index contributed by atoms with van der Waals surface area (Å²) in [6, 6.07) is 9.36. The number of Topliss-reactive ketones (excluding diaryl/α,β-unsaturated/α-hetero) is 1. The number of aromatic nitrogens is 2. The van der Waals surface area contributed by atoms with Crippen LogP contribution < -0.4 is 0 Å². The van der Waals surface area contributed by atoms with Crippen molar-refractivity contribution >= 4 is 11.6 Å². The molecular weight excluding hydrogens is 396 g/mol. The topological polar surface area (TPSA) is 65.7 Å². The molecule has 2 N–H and O–H groups in total. The van der Waals surface area contributed by atoms with E-state index >= 15 is 0 Å². The molecule has 1 aliphatic rings. The Balaban J connectivity index is 1.82. The van der Waals surface area contributed by atoms with E-state index in [0.717, 1.165) is 64.9 Å². The predicted octanol–water partition coefficient (Wildman–Crippen LogP) is 6.44. The fourth-order valence-corrected chi connectivity index (χ4v) is 4.72. The monoisotopic (exact) mass is 426 g/mol. The van der Waals surface area contributed by atoms with Crippen LogP contribution in [0.25, 0.3) is 11.4 Å². The van der Waals surface area contributed by atoms with Crippen LogP contribution in [0.4, 0.5) is 0 Å². The van der Waals surface area contributed by atoms with Crippen LogP contribution in [0.3, 0.4) is 0 Å². The summed E-state index contributed by atoms with van der Waals surface area (Å²) in [5.74, 6) is 0.0632. The van der Waals surface area contributed by atoms with Gasteiger partial charge in [-0.15, -0.1) is 0 Å². The highest BCUT2D eigenvalue weighted by molar-refractivity contribution is 6.11. The van der Waals surface area contributed by atoms with Crippen LogP contribution in [0.1, 0.15) is 75.5 Å². The quantitative estimate of drug-likeness (QED) is 0.427. The number of hydrogen-bond donors (Lipinski definition) is 2. The molecule has 2 heterocycles. The van der Waals surface area contributed by atoms with E-state index in [9.17, 15) is 9.59 Å². The molecule has 0 atom stereocenters. The minimum absolute atomic E-state index is 0.00725. The summed E-state index contributed by atoms with van der Waals surface area (Å²) in [5.41, 5.74) is 8.79. The molecule has 1 aliphatic carbocycles. The van der Waals surface area contributed by atoms with Gasteiger partial charge in [0.15, 0.2) is 0 Å². The van der Waals surface area contributed by atoms with Gasteiger partial charge in [-0.25, -0.2) is 0 Å². The molecule has 164 valence electrons. The lowest BCUT2D eigenvalue weighted by molar-refractivity contribution is 0.102. The van der Waals surface area contributed by atoms with Gasteiger partial charge >= 0.3 is 0 Å². The van der Waals surface area contributed by atoms with Crippen molar-refractivity contribution in [2.45, 2.75) is 53.4 Å². The highest BCUT2D eigenvalue weighted by Crippen LogP contribution is 2.34. The Morgan fingerprint density at radius 1 is 0.844 bits per heavy atom. The minimum Gasteiger partial charge on any atom is -0.350 e. The molecule has 0 amide bonds. The SMILES string of the molecule is CCc1c(C(=O)C2=CC=CCC2)[nH]c(-c2[nH]c(C(=O)c3ccccc3)c(CC)c2C)c1C. The van der Waals surface area contributed by atoms with Gasteiger partial charge in [-0.3, -0.25) is 9.59 Å². The van der Waals surface area contributed by atoms with Gasteiger partial charge in [0.1, 0.15) is 0 Å². The second-order valence-electron chi connectivity index (χ2n) is 8.35. The van der Waals surface area contributed by atoms with E-state index < -0.39 is 0 Å². The van der Waals surface area contributed by atoms with Gasteiger partial charge in [-0.2, -0.15) is 0 Å². The lowest BCUT2D eigenvalue weighted by atomic mass is 9.96. The summed E-state index contributed by atoms with van der Waals surface area (Å²) < 4.78 is 0. The van der Waals surface area contributed by atoms with Gasteiger partial charge in [0.25, 0.3) is 0 Å². The van der Waals surface area contributed by atoms with Crippen molar-refractivity contribution in [1.82, 2.24) is 9.97 Å². The molecule has 0 aliphatic heterocycles. The smallest absolute Gasteiger partial charge is 0.209 e. The standard InChI is InChI=1S/C28H30N2O2/c1-5-21-17(3)23(29-25(21)27(31)19-13-9-7-10-14-19)24-18(4)22(6-2)26(30-24)28(32)20-15-11-8-12-16-20/h7-11,13-15,29-30H,5-6,12,16H2,1-4H3. The van der Waals surface area contributed by atoms with Crippen LogP contribution in [0, 0.1) is 13.8 Å². The Morgan fingerprint density at radius 2 is 1.41 bits per heavy atom. The Morgan fingerprint density at radius 3 is 1.91 bits per heavy atom. The number of nitrogens with one attached hydrogen (secondary N) is 2. The number of carbonyl (C=O) groups is 2. The first-order chi connectivity index (χ1) is 15.5. The van der Waals surface area contributed by atoms with Crippen molar-refractivity contribution in [3.05, 3.63) is 93.3 Å². The van der Waals surface area contributed by atoms with E-state index in [-0.39, 0.29) is 11.6 Å². The Labute approximate surface area is 189 Å². The predicted molar refractivity (Wildman–Crippen MR) is 129 cm³/mol. The number of aromatic amines is 2.